The predicted molar refractivity (Wildman–Crippen MR) is 55.1 cm³/mol. The van der Waals surface area contributed by atoms with Crippen LogP contribution in [0.2, 0.25) is 0 Å². The zero-order valence-corrected chi connectivity index (χ0v) is 8.47. The second-order valence-corrected chi connectivity index (χ2v) is 3.57. The van der Waals surface area contributed by atoms with Crippen molar-refractivity contribution >= 4 is 5.71 Å². The Morgan fingerprint density at radius 3 is 2.80 bits per heavy atom. The maximum atomic E-state index is 9.45. The number of hydrogen-bond acceptors (Lipinski definition) is 4. The average Bonchev–Trinajstić information content (AvgIpc) is 2.63. The molecular weight excluding hydrogens is 194 g/mol. The highest BCUT2D eigenvalue weighted by Gasteiger charge is 2.44. The molecule has 1 unspecified atom stereocenters. The number of methoxy groups -OCH3 is 1. The van der Waals surface area contributed by atoms with Crippen molar-refractivity contribution in [3.05, 3.63) is 35.4 Å². The number of aliphatic hydroxyl groups is 1. The molecule has 0 bridgehead atoms. The molecule has 0 fully saturated rings. The van der Waals surface area contributed by atoms with Crippen molar-refractivity contribution in [3.8, 4) is 0 Å². The number of hydrogen-bond donors (Lipinski definition) is 2. The summed E-state index contributed by atoms with van der Waals surface area (Å²) in [6, 6.07) is 7.61. The van der Waals surface area contributed by atoms with Gasteiger partial charge in [-0.15, -0.1) is 0 Å². The highest BCUT2D eigenvalue weighted by Crippen LogP contribution is 2.37. The second kappa shape index (κ2) is 3.64. The van der Waals surface area contributed by atoms with Crippen LogP contribution < -0.4 is 0 Å². The lowest BCUT2D eigenvalue weighted by Crippen LogP contribution is -2.38. The standard InChI is InChI=1S/C11H13NO3/c1-15-11(7-13)9-5-3-2-4-8(9)6-10(11)12-14/h2-5,13-14H,6-7H2,1H3/b12-10+. The van der Waals surface area contributed by atoms with E-state index in [1.165, 1.54) is 7.11 Å². The fraction of sp³-hybridized carbons (Fsp3) is 0.364. The van der Waals surface area contributed by atoms with E-state index in [-0.39, 0.29) is 6.61 Å². The summed E-state index contributed by atoms with van der Waals surface area (Å²) in [7, 11) is 1.50. The molecule has 0 aliphatic heterocycles. The first-order valence-electron chi connectivity index (χ1n) is 4.74. The van der Waals surface area contributed by atoms with Gasteiger partial charge in [0, 0.05) is 13.5 Å². The van der Waals surface area contributed by atoms with Gasteiger partial charge in [-0.05, 0) is 11.1 Å². The summed E-state index contributed by atoms with van der Waals surface area (Å²) in [5.41, 5.74) is 1.39. The van der Waals surface area contributed by atoms with E-state index in [0.717, 1.165) is 11.1 Å². The highest BCUT2D eigenvalue weighted by atomic mass is 16.5. The van der Waals surface area contributed by atoms with Gasteiger partial charge in [0.1, 0.15) is 5.71 Å². The Bertz CT molecular complexity index is 397. The van der Waals surface area contributed by atoms with Crippen LogP contribution in [0.4, 0.5) is 0 Å². The van der Waals surface area contributed by atoms with Crippen LogP contribution in [0.3, 0.4) is 0 Å². The SMILES string of the molecule is COC1(CO)/C(=N/O)Cc2ccccc21. The van der Waals surface area contributed by atoms with Gasteiger partial charge in [0.25, 0.3) is 0 Å². The lowest BCUT2D eigenvalue weighted by atomic mass is 9.95. The molecule has 2 rings (SSSR count). The molecule has 1 aromatic rings. The van der Waals surface area contributed by atoms with Crippen LogP contribution in [0.1, 0.15) is 11.1 Å². The molecule has 0 saturated heterocycles. The Labute approximate surface area is 87.8 Å². The van der Waals surface area contributed by atoms with Crippen molar-refractivity contribution in [1.29, 1.82) is 0 Å². The zero-order valence-electron chi connectivity index (χ0n) is 8.47. The molecule has 4 nitrogen and oxygen atoms in total. The third-order valence-electron chi connectivity index (χ3n) is 2.97. The number of benzene rings is 1. The van der Waals surface area contributed by atoms with Crippen LogP contribution in [0.25, 0.3) is 0 Å². The van der Waals surface area contributed by atoms with Gasteiger partial charge < -0.3 is 15.1 Å². The molecule has 0 amide bonds. The Hall–Kier alpha value is -1.39. The monoisotopic (exact) mass is 207 g/mol. The molecule has 1 aliphatic carbocycles. The highest BCUT2D eigenvalue weighted by molar-refractivity contribution is 5.99. The van der Waals surface area contributed by atoms with Crippen molar-refractivity contribution in [2.75, 3.05) is 13.7 Å². The minimum absolute atomic E-state index is 0.222. The van der Waals surface area contributed by atoms with E-state index in [1.54, 1.807) is 0 Å². The summed E-state index contributed by atoms with van der Waals surface area (Å²) >= 11 is 0. The number of ether oxygens (including phenoxy) is 1. The number of rotatable bonds is 2. The number of oxime groups is 1. The van der Waals surface area contributed by atoms with E-state index < -0.39 is 5.60 Å². The molecule has 0 radical (unpaired) electrons. The smallest absolute Gasteiger partial charge is 0.157 e. The number of fused-ring (bicyclic) bond motifs is 1. The van der Waals surface area contributed by atoms with Crippen LogP contribution in [0, 0.1) is 0 Å². The van der Waals surface area contributed by atoms with Crippen LogP contribution in [0.15, 0.2) is 29.4 Å². The average molecular weight is 207 g/mol. The van der Waals surface area contributed by atoms with Crippen LogP contribution >= 0.6 is 0 Å². The molecule has 80 valence electrons. The van der Waals surface area contributed by atoms with Crippen LogP contribution in [0.5, 0.6) is 0 Å². The van der Waals surface area contributed by atoms with Gasteiger partial charge in [0.15, 0.2) is 5.60 Å². The quantitative estimate of drug-likeness (QED) is 0.559. The molecular formula is C11H13NO3. The Kier molecular flexibility index (Phi) is 2.46. The fourth-order valence-corrected chi connectivity index (χ4v) is 2.13. The van der Waals surface area contributed by atoms with Gasteiger partial charge in [0.2, 0.25) is 0 Å². The van der Waals surface area contributed by atoms with E-state index in [0.29, 0.717) is 12.1 Å². The Balaban J connectivity index is 2.60. The van der Waals surface area contributed by atoms with Crippen LogP contribution in [-0.4, -0.2) is 29.7 Å². The summed E-state index contributed by atoms with van der Waals surface area (Å²) < 4.78 is 5.34. The molecule has 0 heterocycles. The molecule has 4 heteroatoms. The minimum Gasteiger partial charge on any atom is -0.411 e. The topological polar surface area (TPSA) is 62.0 Å². The van der Waals surface area contributed by atoms with Gasteiger partial charge >= 0.3 is 0 Å². The Morgan fingerprint density at radius 1 is 1.47 bits per heavy atom. The predicted octanol–water partition coefficient (Wildman–Crippen LogP) is 0.907. The maximum absolute atomic E-state index is 9.45. The van der Waals surface area contributed by atoms with Gasteiger partial charge in [-0.3, -0.25) is 0 Å². The first kappa shape index (κ1) is 10.1. The number of aliphatic hydroxyl groups excluding tert-OH is 1. The van der Waals surface area contributed by atoms with Crippen molar-refractivity contribution in [2.24, 2.45) is 5.16 Å². The molecule has 0 spiro atoms. The molecule has 1 aromatic carbocycles. The van der Waals surface area contributed by atoms with E-state index in [9.17, 15) is 5.11 Å². The molecule has 0 saturated carbocycles. The normalized spacial score (nSPS) is 26.9. The summed E-state index contributed by atoms with van der Waals surface area (Å²) in [6.45, 7) is -0.222. The van der Waals surface area contributed by atoms with Gasteiger partial charge in [-0.1, -0.05) is 29.4 Å². The summed E-state index contributed by atoms with van der Waals surface area (Å²) in [4.78, 5) is 0. The second-order valence-electron chi connectivity index (χ2n) is 3.57. The third kappa shape index (κ3) is 1.26. The molecule has 15 heavy (non-hydrogen) atoms. The van der Waals surface area contributed by atoms with Gasteiger partial charge in [0.05, 0.1) is 6.61 Å². The van der Waals surface area contributed by atoms with Crippen molar-refractivity contribution in [3.63, 3.8) is 0 Å². The zero-order chi connectivity index (χ0) is 10.9. The largest absolute Gasteiger partial charge is 0.411 e. The minimum atomic E-state index is -0.967. The first-order chi connectivity index (χ1) is 7.28. The lowest BCUT2D eigenvalue weighted by molar-refractivity contribution is -0.00146. The summed E-state index contributed by atoms with van der Waals surface area (Å²) in [6.07, 6.45) is 0.515. The van der Waals surface area contributed by atoms with E-state index in [4.69, 9.17) is 9.94 Å². The maximum Gasteiger partial charge on any atom is 0.157 e. The van der Waals surface area contributed by atoms with Gasteiger partial charge in [-0.2, -0.15) is 0 Å². The van der Waals surface area contributed by atoms with Gasteiger partial charge in [-0.25, -0.2) is 0 Å². The molecule has 1 aliphatic rings. The fourth-order valence-electron chi connectivity index (χ4n) is 2.13. The van der Waals surface area contributed by atoms with Crippen molar-refractivity contribution in [1.82, 2.24) is 0 Å². The molecule has 2 N–H and O–H groups in total. The first-order valence-corrected chi connectivity index (χ1v) is 4.74. The van der Waals surface area contributed by atoms with E-state index in [1.807, 2.05) is 24.3 Å². The van der Waals surface area contributed by atoms with Crippen molar-refractivity contribution < 1.29 is 15.1 Å². The van der Waals surface area contributed by atoms with E-state index >= 15 is 0 Å². The number of nitrogens with zero attached hydrogens (tertiary/aromatic N) is 1. The summed E-state index contributed by atoms with van der Waals surface area (Å²) in [5, 5.41) is 21.6. The molecule has 0 aromatic heterocycles. The molecule has 1 atom stereocenters. The lowest BCUT2D eigenvalue weighted by Gasteiger charge is -2.26. The summed E-state index contributed by atoms with van der Waals surface area (Å²) in [5.74, 6) is 0. The van der Waals surface area contributed by atoms with E-state index in [2.05, 4.69) is 5.16 Å². The third-order valence-corrected chi connectivity index (χ3v) is 2.97. The Morgan fingerprint density at radius 2 is 2.20 bits per heavy atom. The van der Waals surface area contributed by atoms with Crippen LogP contribution in [-0.2, 0) is 16.8 Å². The van der Waals surface area contributed by atoms with Crippen molar-refractivity contribution in [2.45, 2.75) is 12.0 Å².